The molecule has 4 aromatic carbocycles. The molecule has 0 N–H and O–H groups in total. The molecule has 8 nitrogen and oxygen atoms in total. The minimum Gasteiger partial charge on any atom is -0.465 e. The van der Waals surface area contributed by atoms with E-state index in [9.17, 15) is 9.36 Å². The van der Waals surface area contributed by atoms with Crippen molar-refractivity contribution in [1.82, 2.24) is 15.0 Å². The normalized spacial score (nSPS) is 14.1. The van der Waals surface area contributed by atoms with E-state index in [0.29, 0.717) is 23.1 Å². The molecular weight excluding hydrogens is 671 g/mol. The smallest absolute Gasteiger partial charge is 0.405 e. The first-order valence-corrected chi connectivity index (χ1v) is 18.2. The van der Waals surface area contributed by atoms with Gasteiger partial charge in [-0.05, 0) is 88.9 Å². The zero-order valence-electron chi connectivity index (χ0n) is 30.0. The van der Waals surface area contributed by atoms with Crippen molar-refractivity contribution < 1.29 is 31.9 Å². The fourth-order valence-corrected chi connectivity index (χ4v) is 8.10. The summed E-state index contributed by atoms with van der Waals surface area (Å²) in [4.78, 5) is 12.4. The highest BCUT2D eigenvalue weighted by atomic mass is 31.2. The van der Waals surface area contributed by atoms with Crippen LogP contribution in [0.4, 0.5) is 8.78 Å². The monoisotopic (exact) mass is 715 g/mol. The number of para-hydroxylation sites is 1. The number of allylic oxidation sites excluding steroid dienone is 1. The second-order valence-corrected chi connectivity index (χ2v) is 16.3. The molecule has 5 rings (SSSR count). The van der Waals surface area contributed by atoms with Gasteiger partial charge >= 0.3 is 19.2 Å². The van der Waals surface area contributed by atoms with Crippen LogP contribution in [-0.2, 0) is 36.0 Å². The van der Waals surface area contributed by atoms with Gasteiger partial charge in [-0.2, -0.15) is 8.78 Å². The molecule has 0 saturated carbocycles. The molecule has 11 heteroatoms. The zero-order valence-corrected chi connectivity index (χ0v) is 30.9. The lowest BCUT2D eigenvalue weighted by Crippen LogP contribution is -2.38. The third-order valence-corrected chi connectivity index (χ3v) is 10.6. The van der Waals surface area contributed by atoms with E-state index in [0.717, 1.165) is 16.6 Å². The molecule has 268 valence electrons. The van der Waals surface area contributed by atoms with Crippen LogP contribution in [0.5, 0.6) is 0 Å². The van der Waals surface area contributed by atoms with Crippen molar-refractivity contribution in [1.29, 1.82) is 0 Å². The number of halogens is 2. The number of aromatic nitrogens is 3. The number of hydrogen-bond donors (Lipinski definition) is 0. The Bertz CT molecular complexity index is 2010. The predicted molar refractivity (Wildman–Crippen MR) is 196 cm³/mol. The van der Waals surface area contributed by atoms with Gasteiger partial charge in [0.25, 0.3) is 0 Å². The Kier molecular flexibility index (Phi) is 10.8. The van der Waals surface area contributed by atoms with Gasteiger partial charge in [-0.15, -0.1) is 5.10 Å². The minimum atomic E-state index is -5.02. The van der Waals surface area contributed by atoms with Gasteiger partial charge in [0.1, 0.15) is 5.52 Å². The van der Waals surface area contributed by atoms with E-state index >= 15 is 8.78 Å². The first-order valence-electron chi connectivity index (χ1n) is 16.7. The average Bonchev–Trinajstić information content (AvgIpc) is 3.51. The Morgan fingerprint density at radius 2 is 1.35 bits per heavy atom. The molecule has 51 heavy (non-hydrogen) atoms. The van der Waals surface area contributed by atoms with E-state index in [1.807, 2.05) is 83.6 Å². The summed E-state index contributed by atoms with van der Waals surface area (Å²) >= 11 is 0. The van der Waals surface area contributed by atoms with E-state index in [-0.39, 0.29) is 6.42 Å². The van der Waals surface area contributed by atoms with Crippen LogP contribution in [0, 0.1) is 0 Å². The summed E-state index contributed by atoms with van der Waals surface area (Å²) < 4.78 is 64.3. The molecule has 0 aliphatic carbocycles. The first-order chi connectivity index (χ1) is 24.0. The summed E-state index contributed by atoms with van der Waals surface area (Å²) in [5, 5.41) is 9.11. The molecule has 5 aromatic rings. The van der Waals surface area contributed by atoms with E-state index in [2.05, 4.69) is 10.3 Å². The summed E-state index contributed by atoms with van der Waals surface area (Å²) in [5.41, 5.74) is -3.39. The molecule has 0 aliphatic rings. The quantitative estimate of drug-likeness (QED) is 0.0938. The predicted octanol–water partition coefficient (Wildman–Crippen LogP) is 10.2. The summed E-state index contributed by atoms with van der Waals surface area (Å²) in [6.45, 7) is 9.35. The summed E-state index contributed by atoms with van der Waals surface area (Å²) in [7, 11) is -3.69. The van der Waals surface area contributed by atoms with Gasteiger partial charge in [0.15, 0.2) is 0 Å². The van der Waals surface area contributed by atoms with Crippen molar-refractivity contribution in [3.8, 4) is 0 Å². The van der Waals surface area contributed by atoms with Gasteiger partial charge in [-0.25, -0.2) is 9.48 Å². The number of fused-ring (bicyclic) bond motifs is 1. The largest absolute Gasteiger partial charge is 0.465 e. The molecule has 0 radical (unpaired) electrons. The number of ether oxygens (including phenoxy) is 1. The highest BCUT2D eigenvalue weighted by Crippen LogP contribution is 2.69. The fraction of sp³-hybridized carbons (Fsp3) is 0.325. The Morgan fingerprint density at radius 3 is 1.94 bits per heavy atom. The van der Waals surface area contributed by atoms with Crippen LogP contribution in [0.15, 0.2) is 109 Å². The van der Waals surface area contributed by atoms with Gasteiger partial charge in [0.05, 0.1) is 34.9 Å². The van der Waals surface area contributed by atoms with Gasteiger partial charge in [0.2, 0.25) is 0 Å². The molecule has 0 saturated heterocycles. The number of hydrogen-bond acceptors (Lipinski definition) is 7. The Balaban J connectivity index is 1.64. The first kappa shape index (κ1) is 37.7. The van der Waals surface area contributed by atoms with Crippen molar-refractivity contribution >= 4 is 30.7 Å². The number of carbonyl (C=O) groups excluding carboxylic acids is 1. The van der Waals surface area contributed by atoms with Crippen molar-refractivity contribution in [3.05, 3.63) is 137 Å². The van der Waals surface area contributed by atoms with Crippen molar-refractivity contribution in [2.24, 2.45) is 0 Å². The molecule has 0 fully saturated rings. The van der Waals surface area contributed by atoms with Gasteiger partial charge in [-0.3, -0.25) is 13.6 Å². The van der Waals surface area contributed by atoms with E-state index < -0.39 is 41.5 Å². The molecule has 0 amide bonds. The van der Waals surface area contributed by atoms with Crippen LogP contribution in [-0.4, -0.2) is 39.3 Å². The highest BCUT2D eigenvalue weighted by Gasteiger charge is 2.58. The third kappa shape index (κ3) is 8.52. The molecule has 1 aromatic heterocycles. The number of nitrogens with zero attached hydrogens (tertiary/aromatic N) is 3. The maximum absolute atomic E-state index is 16.3. The Hall–Kier alpha value is -4.50. The van der Waals surface area contributed by atoms with Crippen molar-refractivity contribution in [2.75, 3.05) is 7.11 Å². The standard InChI is InChI=1S/C40H44F2N3O5P/c1-37(2,3)49-51(47,50-38(4,5)6)40(41,42)33-23-19-30(20-24-33)28-39(27-13-16-29-14-9-8-10-15-29,32-25-21-31(22-26-32)36(46)48-7)45-35-18-12-11-17-34(35)43-44-45/h8-26H,27-28H2,1-7H3/b16-13+. The highest BCUT2D eigenvalue weighted by molar-refractivity contribution is 7.54. The van der Waals surface area contributed by atoms with Gasteiger partial charge < -0.3 is 4.74 Å². The molecular formula is C40H44F2N3O5P. The van der Waals surface area contributed by atoms with Crippen molar-refractivity contribution in [3.63, 3.8) is 0 Å². The number of esters is 1. The lowest BCUT2D eigenvalue weighted by molar-refractivity contribution is -0.0213. The lowest BCUT2D eigenvalue weighted by Gasteiger charge is -2.36. The van der Waals surface area contributed by atoms with Crippen LogP contribution in [0.3, 0.4) is 0 Å². The lowest BCUT2D eigenvalue weighted by atomic mass is 9.80. The Morgan fingerprint density at radius 1 is 0.784 bits per heavy atom. The number of alkyl halides is 2. The second kappa shape index (κ2) is 14.6. The second-order valence-electron chi connectivity index (χ2n) is 14.4. The molecule has 0 spiro atoms. The molecule has 0 bridgehead atoms. The van der Waals surface area contributed by atoms with Crippen LogP contribution >= 0.6 is 7.60 Å². The number of methoxy groups -OCH3 is 1. The summed E-state index contributed by atoms with van der Waals surface area (Å²) in [5.74, 6) is -0.470. The summed E-state index contributed by atoms with van der Waals surface area (Å²) in [6.07, 6.45) is 4.77. The van der Waals surface area contributed by atoms with E-state index in [1.165, 1.54) is 19.2 Å². The van der Waals surface area contributed by atoms with Gasteiger partial charge in [-0.1, -0.05) is 96.2 Å². The molecule has 1 unspecified atom stereocenters. The minimum absolute atomic E-state index is 0.289. The number of rotatable bonds is 12. The van der Waals surface area contributed by atoms with Crippen LogP contribution in [0.2, 0.25) is 0 Å². The molecule has 1 heterocycles. The SMILES string of the molecule is COC(=O)c1ccc(C(C/C=C/c2ccccc2)(Cc2ccc(C(F)(F)P(=O)(OC(C)(C)C)OC(C)(C)C)cc2)n2nnc3ccccc32)cc1. The zero-order chi connectivity index (χ0) is 37.1. The average molecular weight is 716 g/mol. The maximum atomic E-state index is 16.3. The summed E-state index contributed by atoms with van der Waals surface area (Å²) in [6, 6.07) is 30.3. The van der Waals surface area contributed by atoms with E-state index in [1.54, 1.807) is 65.8 Å². The van der Waals surface area contributed by atoms with Crippen LogP contribution < -0.4 is 0 Å². The molecule has 1 atom stereocenters. The number of benzene rings is 4. The number of carbonyl (C=O) groups is 1. The van der Waals surface area contributed by atoms with Gasteiger partial charge in [0, 0.05) is 12.0 Å². The third-order valence-electron chi connectivity index (χ3n) is 8.10. The van der Waals surface area contributed by atoms with Crippen molar-refractivity contribution in [2.45, 2.75) is 76.8 Å². The van der Waals surface area contributed by atoms with Crippen LogP contribution in [0.1, 0.15) is 80.6 Å². The Labute approximate surface area is 298 Å². The topological polar surface area (TPSA) is 92.5 Å². The fourth-order valence-electron chi connectivity index (χ4n) is 5.92. The van der Waals surface area contributed by atoms with Crippen LogP contribution in [0.25, 0.3) is 17.1 Å². The van der Waals surface area contributed by atoms with E-state index in [4.69, 9.17) is 13.8 Å². The molecule has 0 aliphatic heterocycles. The maximum Gasteiger partial charge on any atom is 0.405 e.